The molecule has 128 valence electrons. The van der Waals surface area contributed by atoms with Crippen LogP contribution in [0.15, 0.2) is 24.4 Å². The van der Waals surface area contributed by atoms with Crippen LogP contribution in [0.5, 0.6) is 0 Å². The average molecular weight is 326 g/mol. The van der Waals surface area contributed by atoms with Crippen LogP contribution < -0.4 is 15.6 Å². The van der Waals surface area contributed by atoms with Crippen LogP contribution in [0.25, 0.3) is 10.9 Å². The molecule has 0 radical (unpaired) electrons. The van der Waals surface area contributed by atoms with E-state index in [2.05, 4.69) is 39.7 Å². The van der Waals surface area contributed by atoms with Crippen LogP contribution in [0.2, 0.25) is 0 Å². The van der Waals surface area contributed by atoms with Crippen molar-refractivity contribution in [2.24, 2.45) is 0 Å². The minimum absolute atomic E-state index is 0.0383. The van der Waals surface area contributed by atoms with Gasteiger partial charge in [-0.05, 0) is 56.8 Å². The monoisotopic (exact) mass is 326 g/mol. The lowest BCUT2D eigenvalue weighted by Crippen LogP contribution is -2.46. The van der Waals surface area contributed by atoms with Crippen molar-refractivity contribution in [3.63, 3.8) is 0 Å². The van der Waals surface area contributed by atoms with Crippen LogP contribution in [0, 0.1) is 0 Å². The highest BCUT2D eigenvalue weighted by atomic mass is 16.2. The van der Waals surface area contributed by atoms with Gasteiger partial charge in [-0.3, -0.25) is 4.68 Å². The first-order valence-corrected chi connectivity index (χ1v) is 9.16. The third-order valence-corrected chi connectivity index (χ3v) is 5.47. The number of amides is 2. The SMILES string of the molecule is CCNC(=O)N(CC)n1cc2c3c(cccc31)[C@H]1CCCN[C@@H]1C2. The second kappa shape index (κ2) is 6.13. The number of nitrogens with one attached hydrogen (secondary N) is 2. The Morgan fingerprint density at radius 3 is 3.08 bits per heavy atom. The van der Waals surface area contributed by atoms with Gasteiger partial charge in [0.25, 0.3) is 0 Å². The molecule has 1 aliphatic carbocycles. The number of carbonyl (C=O) groups excluding carboxylic acids is 1. The molecule has 2 atom stereocenters. The minimum Gasteiger partial charge on any atom is -0.337 e. The Hall–Kier alpha value is -2.01. The van der Waals surface area contributed by atoms with Gasteiger partial charge >= 0.3 is 6.03 Å². The van der Waals surface area contributed by atoms with Gasteiger partial charge in [-0.25, -0.2) is 9.80 Å². The maximum Gasteiger partial charge on any atom is 0.336 e. The van der Waals surface area contributed by atoms with Crippen molar-refractivity contribution in [3.8, 4) is 0 Å². The molecule has 1 aliphatic heterocycles. The first kappa shape index (κ1) is 15.5. The molecule has 2 aromatic rings. The number of aromatic nitrogens is 1. The Bertz CT molecular complexity index is 766. The molecule has 1 aromatic carbocycles. The van der Waals surface area contributed by atoms with Gasteiger partial charge in [-0.1, -0.05) is 12.1 Å². The van der Waals surface area contributed by atoms with E-state index < -0.39 is 0 Å². The summed E-state index contributed by atoms with van der Waals surface area (Å²) in [6.07, 6.45) is 5.72. The van der Waals surface area contributed by atoms with Gasteiger partial charge in [0.05, 0.1) is 5.52 Å². The molecule has 2 aliphatic rings. The van der Waals surface area contributed by atoms with E-state index in [0.29, 0.717) is 25.0 Å². The third kappa shape index (κ3) is 2.30. The maximum atomic E-state index is 12.4. The van der Waals surface area contributed by atoms with E-state index in [9.17, 15) is 4.79 Å². The Morgan fingerprint density at radius 2 is 2.29 bits per heavy atom. The molecule has 0 saturated carbocycles. The predicted molar refractivity (Wildman–Crippen MR) is 97.2 cm³/mol. The summed E-state index contributed by atoms with van der Waals surface area (Å²) in [7, 11) is 0. The van der Waals surface area contributed by atoms with Gasteiger partial charge in [0, 0.05) is 36.6 Å². The molecule has 2 N–H and O–H groups in total. The number of benzene rings is 1. The first-order chi connectivity index (χ1) is 11.7. The molecule has 0 unspecified atom stereocenters. The summed E-state index contributed by atoms with van der Waals surface area (Å²) < 4.78 is 2.05. The van der Waals surface area contributed by atoms with Crippen LogP contribution in [-0.2, 0) is 6.42 Å². The Morgan fingerprint density at radius 1 is 1.42 bits per heavy atom. The van der Waals surface area contributed by atoms with Crippen LogP contribution >= 0.6 is 0 Å². The zero-order chi connectivity index (χ0) is 16.7. The van der Waals surface area contributed by atoms with Crippen molar-refractivity contribution in [1.82, 2.24) is 15.3 Å². The summed E-state index contributed by atoms with van der Waals surface area (Å²) in [6, 6.07) is 7.06. The van der Waals surface area contributed by atoms with E-state index in [4.69, 9.17) is 0 Å². The van der Waals surface area contributed by atoms with Crippen molar-refractivity contribution in [1.29, 1.82) is 0 Å². The molecule has 1 aromatic heterocycles. The van der Waals surface area contributed by atoms with E-state index >= 15 is 0 Å². The molecule has 5 nitrogen and oxygen atoms in total. The smallest absolute Gasteiger partial charge is 0.336 e. The molecule has 4 rings (SSSR count). The van der Waals surface area contributed by atoms with Crippen molar-refractivity contribution >= 4 is 16.9 Å². The highest BCUT2D eigenvalue weighted by Gasteiger charge is 2.34. The molecule has 1 saturated heterocycles. The van der Waals surface area contributed by atoms with Crippen LogP contribution in [0.3, 0.4) is 0 Å². The fourth-order valence-electron chi connectivity index (χ4n) is 4.46. The maximum absolute atomic E-state index is 12.4. The van der Waals surface area contributed by atoms with E-state index in [1.54, 1.807) is 5.01 Å². The number of hydrogen-bond donors (Lipinski definition) is 2. The lowest BCUT2D eigenvalue weighted by molar-refractivity contribution is 0.242. The second-order valence-corrected chi connectivity index (χ2v) is 6.80. The van der Waals surface area contributed by atoms with Gasteiger partial charge in [-0.2, -0.15) is 0 Å². The van der Waals surface area contributed by atoms with Gasteiger partial charge in [0.15, 0.2) is 0 Å². The molecule has 5 heteroatoms. The quantitative estimate of drug-likeness (QED) is 0.911. The fourth-order valence-corrected chi connectivity index (χ4v) is 4.46. The Labute approximate surface area is 143 Å². The van der Waals surface area contributed by atoms with Gasteiger partial charge in [-0.15, -0.1) is 0 Å². The fraction of sp³-hybridized carbons (Fsp3) is 0.526. The second-order valence-electron chi connectivity index (χ2n) is 6.80. The number of carbonyl (C=O) groups is 1. The number of piperidine rings is 1. The van der Waals surface area contributed by atoms with E-state index in [1.165, 1.54) is 29.4 Å². The summed E-state index contributed by atoms with van der Waals surface area (Å²) >= 11 is 0. The highest BCUT2D eigenvalue weighted by molar-refractivity contribution is 5.92. The molecule has 24 heavy (non-hydrogen) atoms. The van der Waals surface area contributed by atoms with E-state index in [-0.39, 0.29) is 6.03 Å². The van der Waals surface area contributed by atoms with Gasteiger partial charge < -0.3 is 10.6 Å². The predicted octanol–water partition coefficient (Wildman–Crippen LogP) is 2.72. The van der Waals surface area contributed by atoms with E-state index in [1.807, 2.05) is 13.8 Å². The average Bonchev–Trinajstić information content (AvgIpc) is 2.96. The van der Waals surface area contributed by atoms with Gasteiger partial charge in [0.2, 0.25) is 0 Å². The summed E-state index contributed by atoms with van der Waals surface area (Å²) in [6.45, 7) is 6.37. The van der Waals surface area contributed by atoms with Gasteiger partial charge in [0.1, 0.15) is 0 Å². The molecule has 0 bridgehead atoms. The van der Waals surface area contributed by atoms with Crippen LogP contribution in [0.1, 0.15) is 43.7 Å². The summed E-state index contributed by atoms with van der Waals surface area (Å²) in [4.78, 5) is 12.4. The minimum atomic E-state index is -0.0383. The zero-order valence-electron chi connectivity index (χ0n) is 14.5. The number of rotatable bonds is 3. The molecule has 1 fully saturated rings. The zero-order valence-corrected chi connectivity index (χ0v) is 14.5. The van der Waals surface area contributed by atoms with E-state index in [0.717, 1.165) is 18.5 Å². The number of hydrogen-bond acceptors (Lipinski definition) is 2. The van der Waals surface area contributed by atoms with Crippen LogP contribution in [-0.4, -0.2) is 36.4 Å². The number of fused-ring (bicyclic) bond motifs is 2. The number of nitrogens with zero attached hydrogens (tertiary/aromatic N) is 2. The van der Waals surface area contributed by atoms with Crippen molar-refractivity contribution in [3.05, 3.63) is 35.5 Å². The third-order valence-electron chi connectivity index (χ3n) is 5.47. The molecule has 2 heterocycles. The topological polar surface area (TPSA) is 49.3 Å². The number of urea groups is 1. The van der Waals surface area contributed by atoms with Crippen LogP contribution in [0.4, 0.5) is 4.79 Å². The molecule has 2 amide bonds. The Kier molecular flexibility index (Phi) is 3.96. The lowest BCUT2D eigenvalue weighted by atomic mass is 9.76. The Balaban J connectivity index is 1.83. The van der Waals surface area contributed by atoms with Crippen molar-refractivity contribution in [2.75, 3.05) is 24.6 Å². The molecule has 0 spiro atoms. The van der Waals surface area contributed by atoms with Crippen molar-refractivity contribution in [2.45, 2.75) is 45.1 Å². The largest absolute Gasteiger partial charge is 0.337 e. The highest BCUT2D eigenvalue weighted by Crippen LogP contribution is 2.41. The normalized spacial score (nSPS) is 22.2. The molecular weight excluding hydrogens is 300 g/mol. The lowest BCUT2D eigenvalue weighted by Gasteiger charge is -2.36. The van der Waals surface area contributed by atoms with Crippen molar-refractivity contribution < 1.29 is 4.79 Å². The summed E-state index contributed by atoms with van der Waals surface area (Å²) in [5, 5.41) is 9.78. The summed E-state index contributed by atoms with van der Waals surface area (Å²) in [5.41, 5.74) is 3.97. The first-order valence-electron chi connectivity index (χ1n) is 9.16. The molecular formula is C19H26N4O. The standard InChI is InChI=1S/C19H26N4O/c1-3-20-19(24)22(4-2)23-12-13-11-16-14(8-6-10-21-16)15-7-5-9-17(23)18(13)15/h5,7,9,12,14,16,21H,3-4,6,8,10-11H2,1-2H3,(H,20,24)/t14-,16-/m1/s1. The summed E-state index contributed by atoms with van der Waals surface area (Å²) in [5.74, 6) is 0.602.